The van der Waals surface area contributed by atoms with Gasteiger partial charge in [-0.05, 0) is 33.3 Å². The first-order valence-electron chi connectivity index (χ1n) is 4.77. The molecule has 0 aliphatic carbocycles. The van der Waals surface area contributed by atoms with Gasteiger partial charge in [0.25, 0.3) is 0 Å². The van der Waals surface area contributed by atoms with Crippen LogP contribution < -0.4 is 0 Å². The fraction of sp³-hybridized carbons (Fsp3) is 0.500. The molecular weight excluding hydrogens is 160 g/mol. The zero-order valence-corrected chi connectivity index (χ0v) is 8.92. The molecular formula is C12H18O. The van der Waals surface area contributed by atoms with Gasteiger partial charge in [0.1, 0.15) is 0 Å². The normalized spacial score (nSPS) is 11.7. The van der Waals surface area contributed by atoms with E-state index in [-0.39, 0.29) is 5.60 Å². The van der Waals surface area contributed by atoms with E-state index in [4.69, 9.17) is 4.74 Å². The van der Waals surface area contributed by atoms with Crippen molar-refractivity contribution in [3.05, 3.63) is 35.4 Å². The van der Waals surface area contributed by atoms with Crippen LogP contribution >= 0.6 is 0 Å². The number of hydrogen-bond donors (Lipinski definition) is 0. The molecule has 1 nitrogen and oxygen atoms in total. The average molecular weight is 178 g/mol. The van der Waals surface area contributed by atoms with E-state index in [0.717, 1.165) is 6.61 Å². The number of ether oxygens (including phenoxy) is 1. The lowest BCUT2D eigenvalue weighted by Gasteiger charge is -2.25. The van der Waals surface area contributed by atoms with Crippen molar-refractivity contribution in [1.82, 2.24) is 0 Å². The summed E-state index contributed by atoms with van der Waals surface area (Å²) in [5, 5.41) is 0. The van der Waals surface area contributed by atoms with E-state index in [1.54, 1.807) is 0 Å². The summed E-state index contributed by atoms with van der Waals surface area (Å²) in [7, 11) is 0. The molecule has 0 atom stereocenters. The lowest BCUT2D eigenvalue weighted by Crippen LogP contribution is -2.21. The van der Waals surface area contributed by atoms with E-state index in [2.05, 4.69) is 45.0 Å². The van der Waals surface area contributed by atoms with Gasteiger partial charge in [-0.15, -0.1) is 0 Å². The molecule has 0 saturated carbocycles. The minimum Gasteiger partial charge on any atom is -0.371 e. The van der Waals surface area contributed by atoms with Gasteiger partial charge in [0.05, 0.1) is 5.60 Å². The summed E-state index contributed by atoms with van der Waals surface area (Å²) < 4.78 is 5.67. The molecule has 0 N–H and O–H groups in total. The van der Waals surface area contributed by atoms with Gasteiger partial charge in [-0.1, -0.05) is 29.8 Å². The second kappa shape index (κ2) is 3.93. The highest BCUT2D eigenvalue weighted by Gasteiger charge is 2.19. The number of rotatable bonds is 3. The van der Waals surface area contributed by atoms with Crippen molar-refractivity contribution in [2.45, 2.75) is 33.3 Å². The maximum absolute atomic E-state index is 5.67. The summed E-state index contributed by atoms with van der Waals surface area (Å²) in [6.45, 7) is 9.08. The molecule has 1 aromatic rings. The van der Waals surface area contributed by atoms with Crippen LogP contribution in [0.25, 0.3) is 0 Å². The average Bonchev–Trinajstić information content (AvgIpc) is 2.04. The first kappa shape index (κ1) is 10.3. The van der Waals surface area contributed by atoms with E-state index < -0.39 is 0 Å². The zero-order chi connectivity index (χ0) is 9.90. The fourth-order valence-electron chi connectivity index (χ4n) is 1.46. The molecule has 0 spiro atoms. The van der Waals surface area contributed by atoms with Gasteiger partial charge in [0.2, 0.25) is 0 Å². The minimum absolute atomic E-state index is 0.166. The Balaban J connectivity index is 2.93. The van der Waals surface area contributed by atoms with E-state index >= 15 is 0 Å². The molecule has 0 radical (unpaired) electrons. The van der Waals surface area contributed by atoms with Crippen molar-refractivity contribution in [2.24, 2.45) is 0 Å². The van der Waals surface area contributed by atoms with Crippen LogP contribution in [-0.2, 0) is 10.3 Å². The molecule has 0 bridgehead atoms. The molecule has 13 heavy (non-hydrogen) atoms. The molecule has 0 unspecified atom stereocenters. The molecule has 0 amide bonds. The van der Waals surface area contributed by atoms with Crippen molar-refractivity contribution >= 4 is 0 Å². The van der Waals surface area contributed by atoms with E-state index in [1.807, 2.05) is 6.92 Å². The summed E-state index contributed by atoms with van der Waals surface area (Å²) in [6.07, 6.45) is 0. The van der Waals surface area contributed by atoms with Gasteiger partial charge in [-0.3, -0.25) is 0 Å². The van der Waals surface area contributed by atoms with Crippen LogP contribution in [-0.4, -0.2) is 6.61 Å². The van der Waals surface area contributed by atoms with Gasteiger partial charge >= 0.3 is 0 Å². The maximum Gasteiger partial charge on any atom is 0.0875 e. The van der Waals surface area contributed by atoms with Gasteiger partial charge < -0.3 is 4.74 Å². The number of benzene rings is 1. The minimum atomic E-state index is -0.166. The predicted molar refractivity (Wildman–Crippen MR) is 55.8 cm³/mol. The summed E-state index contributed by atoms with van der Waals surface area (Å²) in [4.78, 5) is 0. The highest BCUT2D eigenvalue weighted by molar-refractivity contribution is 5.26. The van der Waals surface area contributed by atoms with Crippen LogP contribution in [0.2, 0.25) is 0 Å². The molecule has 1 rings (SSSR count). The lowest BCUT2D eigenvalue weighted by molar-refractivity contribution is -0.0140. The SMILES string of the molecule is CCOC(C)(C)c1cccc(C)c1. The number of hydrogen-bond acceptors (Lipinski definition) is 1. The third kappa shape index (κ3) is 2.56. The second-order valence-corrected chi connectivity index (χ2v) is 3.81. The van der Waals surface area contributed by atoms with Crippen molar-refractivity contribution in [1.29, 1.82) is 0 Å². The first-order valence-corrected chi connectivity index (χ1v) is 4.77. The number of aryl methyl sites for hydroxylation is 1. The summed E-state index contributed by atoms with van der Waals surface area (Å²) in [5.41, 5.74) is 2.36. The predicted octanol–water partition coefficient (Wildman–Crippen LogP) is 3.27. The standard InChI is InChI=1S/C12H18O/c1-5-13-12(3,4)11-8-6-7-10(2)9-11/h6-9H,5H2,1-4H3. The molecule has 0 aliphatic rings. The van der Waals surface area contributed by atoms with Gasteiger partial charge in [-0.25, -0.2) is 0 Å². The molecule has 0 saturated heterocycles. The Kier molecular flexibility index (Phi) is 3.10. The molecule has 0 aliphatic heterocycles. The van der Waals surface area contributed by atoms with Crippen LogP contribution in [0, 0.1) is 6.92 Å². The van der Waals surface area contributed by atoms with Crippen molar-refractivity contribution in [3.63, 3.8) is 0 Å². The topological polar surface area (TPSA) is 9.23 Å². The Bertz CT molecular complexity index is 276. The van der Waals surface area contributed by atoms with Crippen LogP contribution in [0.15, 0.2) is 24.3 Å². The fourth-order valence-corrected chi connectivity index (χ4v) is 1.46. The highest BCUT2D eigenvalue weighted by atomic mass is 16.5. The van der Waals surface area contributed by atoms with Crippen molar-refractivity contribution in [2.75, 3.05) is 6.61 Å². The lowest BCUT2D eigenvalue weighted by atomic mass is 9.96. The largest absolute Gasteiger partial charge is 0.371 e. The second-order valence-electron chi connectivity index (χ2n) is 3.81. The van der Waals surface area contributed by atoms with E-state index in [1.165, 1.54) is 11.1 Å². The van der Waals surface area contributed by atoms with Crippen LogP contribution in [0.4, 0.5) is 0 Å². The van der Waals surface area contributed by atoms with Crippen LogP contribution in [0.5, 0.6) is 0 Å². The first-order chi connectivity index (χ1) is 6.06. The Morgan fingerprint density at radius 2 is 2.00 bits per heavy atom. The molecule has 0 heterocycles. The van der Waals surface area contributed by atoms with E-state index in [9.17, 15) is 0 Å². The molecule has 1 heteroatoms. The molecule has 0 aromatic heterocycles. The molecule has 72 valence electrons. The van der Waals surface area contributed by atoms with E-state index in [0.29, 0.717) is 0 Å². The van der Waals surface area contributed by atoms with Gasteiger partial charge in [0, 0.05) is 6.61 Å². The van der Waals surface area contributed by atoms with Crippen molar-refractivity contribution < 1.29 is 4.74 Å². The summed E-state index contributed by atoms with van der Waals surface area (Å²) >= 11 is 0. The van der Waals surface area contributed by atoms with Gasteiger partial charge in [0.15, 0.2) is 0 Å². The molecule has 1 aromatic carbocycles. The quantitative estimate of drug-likeness (QED) is 0.690. The third-order valence-electron chi connectivity index (χ3n) is 2.22. The van der Waals surface area contributed by atoms with Crippen molar-refractivity contribution in [3.8, 4) is 0 Å². The summed E-state index contributed by atoms with van der Waals surface area (Å²) in [5.74, 6) is 0. The van der Waals surface area contributed by atoms with Gasteiger partial charge in [-0.2, -0.15) is 0 Å². The third-order valence-corrected chi connectivity index (χ3v) is 2.22. The zero-order valence-electron chi connectivity index (χ0n) is 8.92. The summed E-state index contributed by atoms with van der Waals surface area (Å²) in [6, 6.07) is 8.47. The van der Waals surface area contributed by atoms with Crippen LogP contribution in [0.3, 0.4) is 0 Å². The Labute approximate surface area is 80.7 Å². The highest BCUT2D eigenvalue weighted by Crippen LogP contribution is 2.24. The Hall–Kier alpha value is -0.820. The van der Waals surface area contributed by atoms with Crippen LogP contribution in [0.1, 0.15) is 31.9 Å². The Morgan fingerprint density at radius 3 is 2.54 bits per heavy atom. The molecule has 0 fully saturated rings. The Morgan fingerprint density at radius 1 is 1.31 bits per heavy atom. The smallest absolute Gasteiger partial charge is 0.0875 e. The maximum atomic E-state index is 5.67. The monoisotopic (exact) mass is 178 g/mol.